The van der Waals surface area contributed by atoms with Gasteiger partial charge in [-0.3, -0.25) is 14.5 Å². The summed E-state index contributed by atoms with van der Waals surface area (Å²) >= 11 is 1.50. The standard InChI is InChI=1S/C36H44FN3O5S/c1-22-12-26(32(37)15-33(22)38-36(43)31-21-46-34-7-5-4-6-30(31)34)13-35(42)40-18-27(39-16-23(2)45-24(3)17-39)14-28(40)20-44-29-10-8-25(19-41)9-11-29/h4-7,12,15,19,21,23-25,27-29H,8-11,13-14,16-18,20H2,1-3H3,(H,38,43)/t23-,24+,25-,27-,28-,29-/m0/s1. The molecule has 1 aromatic heterocycles. The van der Waals surface area contributed by atoms with Crippen molar-refractivity contribution >= 4 is 45.2 Å². The number of halogens is 1. The fourth-order valence-corrected chi connectivity index (χ4v) is 8.33. The SMILES string of the molecule is Cc1cc(CC(=O)N2C[C@@H](N3C[C@@H](C)O[C@@H](C)C3)C[C@H]2CO[C@H]2CC[C@H](C=O)CC2)c(F)cc1NC(=O)c1csc2ccccc12. The van der Waals surface area contributed by atoms with E-state index in [0.717, 1.165) is 61.6 Å². The van der Waals surface area contributed by atoms with Crippen LogP contribution in [0.25, 0.3) is 10.1 Å². The van der Waals surface area contributed by atoms with Gasteiger partial charge in [-0.25, -0.2) is 4.39 Å². The number of amides is 2. The molecule has 3 aliphatic rings. The summed E-state index contributed by atoms with van der Waals surface area (Å²) in [6, 6.07) is 10.8. The van der Waals surface area contributed by atoms with E-state index >= 15 is 4.39 Å². The fraction of sp³-hybridized carbons (Fsp3) is 0.528. The Bertz CT molecular complexity index is 1560. The van der Waals surface area contributed by atoms with E-state index in [2.05, 4.69) is 24.1 Å². The van der Waals surface area contributed by atoms with Gasteiger partial charge in [0.15, 0.2) is 0 Å². The van der Waals surface area contributed by atoms with E-state index in [-0.39, 0.29) is 54.5 Å². The highest BCUT2D eigenvalue weighted by molar-refractivity contribution is 7.17. The van der Waals surface area contributed by atoms with Gasteiger partial charge in [-0.05, 0) is 76.1 Å². The number of aldehydes is 1. The number of aryl methyl sites for hydroxylation is 1. The second-order valence-corrected chi connectivity index (χ2v) is 14.3. The van der Waals surface area contributed by atoms with Gasteiger partial charge >= 0.3 is 0 Å². The molecule has 0 bridgehead atoms. The highest BCUT2D eigenvalue weighted by Crippen LogP contribution is 2.31. The van der Waals surface area contributed by atoms with Gasteiger partial charge in [0.2, 0.25) is 5.91 Å². The summed E-state index contributed by atoms with van der Waals surface area (Å²) in [5.41, 5.74) is 1.95. The van der Waals surface area contributed by atoms with Crippen LogP contribution in [0, 0.1) is 18.7 Å². The van der Waals surface area contributed by atoms with Crippen LogP contribution in [0.5, 0.6) is 0 Å². The third-order valence-electron chi connectivity index (χ3n) is 9.82. The molecule has 0 unspecified atom stereocenters. The van der Waals surface area contributed by atoms with Gasteiger partial charge in [0, 0.05) is 52.7 Å². The van der Waals surface area contributed by atoms with Gasteiger partial charge in [0.25, 0.3) is 5.91 Å². The summed E-state index contributed by atoms with van der Waals surface area (Å²) < 4.78 is 28.9. The summed E-state index contributed by atoms with van der Waals surface area (Å²) in [7, 11) is 0. The maximum absolute atomic E-state index is 15.5. The zero-order valence-electron chi connectivity index (χ0n) is 26.9. The minimum Gasteiger partial charge on any atom is -0.376 e. The zero-order valence-corrected chi connectivity index (χ0v) is 27.7. The van der Waals surface area contributed by atoms with Crippen LogP contribution >= 0.6 is 11.3 Å². The molecule has 2 amide bonds. The van der Waals surface area contributed by atoms with Crippen LogP contribution in [0.1, 0.15) is 67.4 Å². The molecule has 0 radical (unpaired) electrons. The smallest absolute Gasteiger partial charge is 0.257 e. The lowest BCUT2D eigenvalue weighted by molar-refractivity contribution is -0.133. The van der Waals surface area contributed by atoms with Crippen LogP contribution in [0.3, 0.4) is 0 Å². The van der Waals surface area contributed by atoms with Gasteiger partial charge in [-0.2, -0.15) is 0 Å². The molecule has 1 N–H and O–H groups in total. The van der Waals surface area contributed by atoms with E-state index in [1.165, 1.54) is 17.4 Å². The quantitative estimate of drug-likeness (QED) is 0.287. The molecule has 246 valence electrons. The minimum atomic E-state index is -0.518. The molecular formula is C36H44FN3O5S. The van der Waals surface area contributed by atoms with Crippen molar-refractivity contribution in [1.82, 2.24) is 9.80 Å². The first-order valence-electron chi connectivity index (χ1n) is 16.5. The highest BCUT2D eigenvalue weighted by atomic mass is 32.1. The number of hydrogen-bond donors (Lipinski definition) is 1. The number of nitrogens with zero attached hydrogens (tertiary/aromatic N) is 2. The Morgan fingerprint density at radius 3 is 2.57 bits per heavy atom. The van der Waals surface area contributed by atoms with Crippen LogP contribution < -0.4 is 5.32 Å². The van der Waals surface area contributed by atoms with E-state index < -0.39 is 5.82 Å². The Kier molecular flexibility index (Phi) is 10.2. The van der Waals surface area contributed by atoms with Crippen molar-refractivity contribution in [2.45, 2.75) is 89.7 Å². The number of rotatable bonds is 9. The first-order chi connectivity index (χ1) is 22.2. The summed E-state index contributed by atoms with van der Waals surface area (Å²) in [4.78, 5) is 42.5. The second kappa shape index (κ2) is 14.3. The predicted molar refractivity (Wildman–Crippen MR) is 178 cm³/mol. The number of fused-ring (bicyclic) bond motifs is 1. The van der Waals surface area contributed by atoms with Crippen LogP contribution in [-0.4, -0.2) is 84.5 Å². The Hall–Kier alpha value is -3.18. The second-order valence-electron chi connectivity index (χ2n) is 13.3. The third-order valence-corrected chi connectivity index (χ3v) is 10.8. The minimum absolute atomic E-state index is 0.0698. The molecular weight excluding hydrogens is 605 g/mol. The molecule has 1 saturated carbocycles. The maximum atomic E-state index is 15.5. The van der Waals surface area contributed by atoms with E-state index in [1.807, 2.05) is 41.5 Å². The molecule has 3 heterocycles. The number of carbonyl (C=O) groups excluding carboxylic acids is 3. The Morgan fingerprint density at radius 2 is 1.83 bits per heavy atom. The average Bonchev–Trinajstić information content (AvgIpc) is 3.67. The number of hydrogen-bond acceptors (Lipinski definition) is 7. The molecule has 2 saturated heterocycles. The number of thiophene rings is 1. The average molecular weight is 650 g/mol. The Labute approximate surface area is 274 Å². The van der Waals surface area contributed by atoms with Crippen molar-refractivity contribution in [1.29, 1.82) is 0 Å². The number of morpholine rings is 1. The molecule has 3 aromatic rings. The molecule has 46 heavy (non-hydrogen) atoms. The van der Waals surface area contributed by atoms with Crippen LogP contribution in [0.2, 0.25) is 0 Å². The van der Waals surface area contributed by atoms with Crippen LogP contribution in [-0.2, 0) is 25.5 Å². The summed E-state index contributed by atoms with van der Waals surface area (Å²) in [5, 5.41) is 5.55. The van der Waals surface area contributed by atoms with Crippen molar-refractivity contribution < 1.29 is 28.2 Å². The van der Waals surface area contributed by atoms with Crippen molar-refractivity contribution in [2.24, 2.45) is 5.92 Å². The number of nitrogens with one attached hydrogen (secondary N) is 1. The van der Waals surface area contributed by atoms with Gasteiger partial charge in [0.05, 0.1) is 42.9 Å². The monoisotopic (exact) mass is 649 g/mol. The molecule has 8 nitrogen and oxygen atoms in total. The zero-order chi connectivity index (χ0) is 32.4. The number of anilines is 1. The number of benzene rings is 2. The lowest BCUT2D eigenvalue weighted by atomic mass is 9.88. The first kappa shape index (κ1) is 32.7. The summed E-state index contributed by atoms with van der Waals surface area (Å²) in [6.45, 7) is 8.58. The number of likely N-dealkylation sites (tertiary alicyclic amines) is 1. The molecule has 4 atom stereocenters. The molecule has 0 spiro atoms. The van der Waals surface area contributed by atoms with E-state index in [0.29, 0.717) is 35.5 Å². The van der Waals surface area contributed by atoms with Crippen LogP contribution in [0.4, 0.5) is 10.1 Å². The molecule has 2 aliphatic heterocycles. The largest absolute Gasteiger partial charge is 0.376 e. The molecule has 2 aromatic carbocycles. The fourth-order valence-electron chi connectivity index (χ4n) is 7.39. The lowest BCUT2D eigenvalue weighted by Crippen LogP contribution is -2.51. The number of carbonyl (C=O) groups is 3. The van der Waals surface area contributed by atoms with Gasteiger partial charge in [0.1, 0.15) is 12.1 Å². The van der Waals surface area contributed by atoms with E-state index in [9.17, 15) is 14.4 Å². The van der Waals surface area contributed by atoms with Crippen molar-refractivity contribution in [3.8, 4) is 0 Å². The first-order valence-corrected chi connectivity index (χ1v) is 17.4. The van der Waals surface area contributed by atoms with E-state index in [1.54, 1.807) is 6.07 Å². The summed E-state index contributed by atoms with van der Waals surface area (Å²) in [6.07, 6.45) is 5.47. The highest BCUT2D eigenvalue weighted by Gasteiger charge is 2.40. The van der Waals surface area contributed by atoms with Gasteiger partial charge in [-0.1, -0.05) is 24.3 Å². The van der Waals surface area contributed by atoms with Crippen molar-refractivity contribution in [3.05, 3.63) is 64.3 Å². The van der Waals surface area contributed by atoms with Crippen molar-refractivity contribution in [2.75, 3.05) is 31.6 Å². The number of ether oxygens (including phenoxy) is 2. The van der Waals surface area contributed by atoms with E-state index in [4.69, 9.17) is 9.47 Å². The molecule has 1 aliphatic carbocycles. The Balaban J connectivity index is 1.14. The molecule has 6 rings (SSSR count). The maximum Gasteiger partial charge on any atom is 0.257 e. The molecule has 3 fully saturated rings. The van der Waals surface area contributed by atoms with Gasteiger partial charge < -0.3 is 24.5 Å². The normalized spacial score (nSPS) is 27.2. The van der Waals surface area contributed by atoms with Gasteiger partial charge in [-0.15, -0.1) is 11.3 Å². The summed E-state index contributed by atoms with van der Waals surface area (Å²) in [5.74, 6) is -0.820. The van der Waals surface area contributed by atoms with Crippen LogP contribution in [0.15, 0.2) is 41.8 Å². The molecule has 10 heteroatoms. The van der Waals surface area contributed by atoms with Crippen molar-refractivity contribution in [3.63, 3.8) is 0 Å². The lowest BCUT2D eigenvalue weighted by Gasteiger charge is -2.38. The topological polar surface area (TPSA) is 88.2 Å². The third kappa shape index (κ3) is 7.35. The Morgan fingerprint density at radius 1 is 1.09 bits per heavy atom. The predicted octanol–water partition coefficient (Wildman–Crippen LogP) is 6.00.